The molecule has 1 atom stereocenters. The Kier molecular flexibility index (Phi) is 6.08. The van der Waals surface area contributed by atoms with Gasteiger partial charge in [-0.05, 0) is 46.0 Å². The Labute approximate surface area is 139 Å². The highest BCUT2D eigenvalue weighted by atomic mass is 79.9. The zero-order valence-corrected chi connectivity index (χ0v) is 14.5. The smallest absolute Gasteiger partial charge is 0.307 e. The molecule has 1 aliphatic heterocycles. The average molecular weight is 372 g/mol. The van der Waals surface area contributed by atoms with Crippen molar-refractivity contribution in [3.05, 3.63) is 22.2 Å². The molecule has 1 aromatic carbocycles. The monoisotopic (exact) mass is 371 g/mol. The Balaban J connectivity index is 1.94. The van der Waals surface area contributed by atoms with Gasteiger partial charge in [0.05, 0.1) is 10.4 Å². The van der Waals surface area contributed by atoms with E-state index in [0.29, 0.717) is 38.6 Å². The summed E-state index contributed by atoms with van der Waals surface area (Å²) in [6, 6.07) is 3.91. The van der Waals surface area contributed by atoms with Crippen LogP contribution in [-0.2, 0) is 11.3 Å². The van der Waals surface area contributed by atoms with E-state index >= 15 is 0 Å². The standard InChI is InChI=1S/C16H22BrNO4/c1-10(2)5-12(16(19)20)9-18-8-11-6-13(17)15-14(7-11)21-3-4-22-15/h6-7,10,12,18H,3-5,8-9H2,1-2H3,(H,19,20). The number of rotatable bonds is 7. The fourth-order valence-electron chi connectivity index (χ4n) is 2.50. The highest BCUT2D eigenvalue weighted by molar-refractivity contribution is 9.10. The van der Waals surface area contributed by atoms with E-state index in [2.05, 4.69) is 21.2 Å². The van der Waals surface area contributed by atoms with Crippen LogP contribution in [0.25, 0.3) is 0 Å². The predicted molar refractivity (Wildman–Crippen MR) is 87.4 cm³/mol. The van der Waals surface area contributed by atoms with Gasteiger partial charge in [0.25, 0.3) is 0 Å². The molecule has 6 heteroatoms. The van der Waals surface area contributed by atoms with Crippen LogP contribution >= 0.6 is 15.9 Å². The number of carbonyl (C=O) groups is 1. The molecule has 0 saturated heterocycles. The van der Waals surface area contributed by atoms with E-state index in [0.717, 1.165) is 21.5 Å². The summed E-state index contributed by atoms with van der Waals surface area (Å²) in [6.07, 6.45) is 0.674. The summed E-state index contributed by atoms with van der Waals surface area (Å²) in [5.41, 5.74) is 1.03. The number of nitrogens with one attached hydrogen (secondary N) is 1. The molecule has 0 aliphatic carbocycles. The van der Waals surface area contributed by atoms with Gasteiger partial charge in [0.15, 0.2) is 11.5 Å². The van der Waals surface area contributed by atoms with Gasteiger partial charge in [-0.3, -0.25) is 4.79 Å². The number of carboxylic acid groups (broad SMARTS) is 1. The summed E-state index contributed by atoms with van der Waals surface area (Å²) in [5, 5.41) is 12.5. The first-order chi connectivity index (χ1) is 10.5. The molecule has 122 valence electrons. The Hall–Kier alpha value is -1.27. The van der Waals surface area contributed by atoms with E-state index in [1.54, 1.807) is 0 Å². The maximum atomic E-state index is 11.2. The van der Waals surface area contributed by atoms with Gasteiger partial charge in [-0.1, -0.05) is 13.8 Å². The third-order valence-corrected chi connectivity index (χ3v) is 4.07. The number of fused-ring (bicyclic) bond motifs is 1. The van der Waals surface area contributed by atoms with Gasteiger partial charge in [-0.2, -0.15) is 0 Å². The fraction of sp³-hybridized carbons (Fsp3) is 0.562. The van der Waals surface area contributed by atoms with Crippen molar-refractivity contribution in [2.75, 3.05) is 19.8 Å². The molecule has 0 saturated carbocycles. The van der Waals surface area contributed by atoms with Gasteiger partial charge in [-0.25, -0.2) is 0 Å². The summed E-state index contributed by atoms with van der Waals surface area (Å²) in [7, 11) is 0. The number of carboxylic acids is 1. The summed E-state index contributed by atoms with van der Waals surface area (Å²) < 4.78 is 12.0. The van der Waals surface area contributed by atoms with Crippen LogP contribution < -0.4 is 14.8 Å². The van der Waals surface area contributed by atoms with Crippen molar-refractivity contribution in [2.24, 2.45) is 11.8 Å². The molecule has 0 spiro atoms. The zero-order chi connectivity index (χ0) is 16.1. The van der Waals surface area contributed by atoms with Crippen LogP contribution in [-0.4, -0.2) is 30.8 Å². The highest BCUT2D eigenvalue weighted by Crippen LogP contribution is 2.38. The highest BCUT2D eigenvalue weighted by Gasteiger charge is 2.19. The first kappa shape index (κ1) is 17.1. The Bertz CT molecular complexity index is 533. The molecule has 1 aliphatic rings. The fourth-order valence-corrected chi connectivity index (χ4v) is 3.10. The number of ether oxygens (including phenoxy) is 2. The lowest BCUT2D eigenvalue weighted by Crippen LogP contribution is -2.29. The van der Waals surface area contributed by atoms with Crippen LogP contribution in [0.15, 0.2) is 16.6 Å². The van der Waals surface area contributed by atoms with Crippen molar-refractivity contribution in [3.63, 3.8) is 0 Å². The van der Waals surface area contributed by atoms with Crippen molar-refractivity contribution >= 4 is 21.9 Å². The van der Waals surface area contributed by atoms with E-state index in [9.17, 15) is 9.90 Å². The van der Waals surface area contributed by atoms with Crippen molar-refractivity contribution in [2.45, 2.75) is 26.8 Å². The van der Waals surface area contributed by atoms with E-state index in [1.807, 2.05) is 26.0 Å². The summed E-state index contributed by atoms with van der Waals surface area (Å²) in [5.74, 6) is 0.726. The van der Waals surface area contributed by atoms with Crippen LogP contribution in [0.2, 0.25) is 0 Å². The molecule has 0 radical (unpaired) electrons. The van der Waals surface area contributed by atoms with Crippen LogP contribution in [0.1, 0.15) is 25.8 Å². The van der Waals surface area contributed by atoms with Gasteiger partial charge < -0.3 is 19.9 Å². The first-order valence-corrected chi connectivity index (χ1v) is 8.28. The average Bonchev–Trinajstić information content (AvgIpc) is 2.46. The SMILES string of the molecule is CC(C)CC(CNCc1cc(Br)c2c(c1)OCCO2)C(=O)O. The number of aliphatic carboxylic acids is 1. The van der Waals surface area contributed by atoms with Gasteiger partial charge in [-0.15, -0.1) is 0 Å². The van der Waals surface area contributed by atoms with Crippen LogP contribution in [0.4, 0.5) is 0 Å². The lowest BCUT2D eigenvalue weighted by Gasteiger charge is -2.21. The Morgan fingerprint density at radius 2 is 2.09 bits per heavy atom. The van der Waals surface area contributed by atoms with Crippen molar-refractivity contribution in [1.82, 2.24) is 5.32 Å². The number of halogens is 1. The maximum Gasteiger partial charge on any atom is 0.307 e. The van der Waals surface area contributed by atoms with E-state index in [1.165, 1.54) is 0 Å². The Morgan fingerprint density at radius 1 is 1.36 bits per heavy atom. The normalized spacial score (nSPS) is 14.9. The van der Waals surface area contributed by atoms with Gasteiger partial charge in [0.1, 0.15) is 13.2 Å². The molecule has 1 aromatic rings. The first-order valence-electron chi connectivity index (χ1n) is 7.49. The minimum atomic E-state index is -0.746. The lowest BCUT2D eigenvalue weighted by molar-refractivity contribution is -0.142. The largest absolute Gasteiger partial charge is 0.486 e. The molecule has 0 aromatic heterocycles. The molecule has 1 unspecified atom stereocenters. The molecule has 0 fully saturated rings. The zero-order valence-electron chi connectivity index (χ0n) is 12.9. The number of hydrogen-bond donors (Lipinski definition) is 2. The molecule has 5 nitrogen and oxygen atoms in total. The maximum absolute atomic E-state index is 11.2. The van der Waals surface area contributed by atoms with Crippen LogP contribution in [0.5, 0.6) is 11.5 Å². The third kappa shape index (κ3) is 4.61. The minimum Gasteiger partial charge on any atom is -0.486 e. The van der Waals surface area contributed by atoms with Crippen molar-refractivity contribution in [3.8, 4) is 11.5 Å². The second-order valence-corrected chi connectivity index (χ2v) is 6.75. The predicted octanol–water partition coefficient (Wildman–Crippen LogP) is 3.06. The summed E-state index contributed by atoms with van der Waals surface area (Å²) >= 11 is 3.48. The molecule has 22 heavy (non-hydrogen) atoms. The van der Waals surface area contributed by atoms with E-state index in [-0.39, 0.29) is 5.92 Å². The second kappa shape index (κ2) is 7.83. The summed E-state index contributed by atoms with van der Waals surface area (Å²) in [6.45, 7) is 6.23. The lowest BCUT2D eigenvalue weighted by atomic mass is 9.97. The molecular weight excluding hydrogens is 350 g/mol. The quantitative estimate of drug-likeness (QED) is 0.770. The summed E-state index contributed by atoms with van der Waals surface area (Å²) in [4.78, 5) is 11.2. The molecule has 0 bridgehead atoms. The van der Waals surface area contributed by atoms with E-state index in [4.69, 9.17) is 9.47 Å². The van der Waals surface area contributed by atoms with Crippen LogP contribution in [0.3, 0.4) is 0 Å². The number of hydrogen-bond acceptors (Lipinski definition) is 4. The molecule has 1 heterocycles. The molecular formula is C16H22BrNO4. The van der Waals surface area contributed by atoms with Gasteiger partial charge >= 0.3 is 5.97 Å². The van der Waals surface area contributed by atoms with Gasteiger partial charge in [0.2, 0.25) is 0 Å². The third-order valence-electron chi connectivity index (χ3n) is 3.48. The second-order valence-electron chi connectivity index (χ2n) is 5.90. The topological polar surface area (TPSA) is 67.8 Å². The van der Waals surface area contributed by atoms with Crippen molar-refractivity contribution < 1.29 is 19.4 Å². The van der Waals surface area contributed by atoms with Gasteiger partial charge in [0, 0.05) is 13.1 Å². The molecule has 2 rings (SSSR count). The van der Waals surface area contributed by atoms with Crippen molar-refractivity contribution in [1.29, 1.82) is 0 Å². The van der Waals surface area contributed by atoms with E-state index < -0.39 is 5.97 Å². The molecule has 0 amide bonds. The minimum absolute atomic E-state index is 0.361. The van der Waals surface area contributed by atoms with Crippen LogP contribution in [0, 0.1) is 11.8 Å². The number of benzene rings is 1. The Morgan fingerprint density at radius 3 is 2.77 bits per heavy atom. The molecule has 2 N–H and O–H groups in total.